The quantitative estimate of drug-likeness (QED) is 0.367. The van der Waals surface area contributed by atoms with Crippen LogP contribution in [0.15, 0.2) is 59.0 Å². The number of rotatable bonds is 7. The number of aryl methyl sites for hydroxylation is 1. The zero-order valence-electron chi connectivity index (χ0n) is 22.3. The van der Waals surface area contributed by atoms with Crippen LogP contribution in [0.3, 0.4) is 0 Å². The first-order valence-electron chi connectivity index (χ1n) is 13.8. The van der Waals surface area contributed by atoms with E-state index in [0.29, 0.717) is 38.4 Å². The molecule has 2 aromatic carbocycles. The van der Waals surface area contributed by atoms with Crippen molar-refractivity contribution in [1.29, 1.82) is 0 Å². The summed E-state index contributed by atoms with van der Waals surface area (Å²) in [5.41, 5.74) is 9.22. The normalized spacial score (nSPS) is 21.7. The molecule has 2 aliphatic rings. The number of methoxy groups -OCH3 is 1. The maximum Gasteiger partial charge on any atom is 0.289 e. The van der Waals surface area contributed by atoms with Crippen LogP contribution in [0.4, 0.5) is 0 Å². The molecule has 0 unspecified atom stereocenters. The summed E-state index contributed by atoms with van der Waals surface area (Å²) in [4.78, 5) is 35.5. The number of ether oxygens (including phenoxy) is 1. The first-order chi connectivity index (χ1) is 19.0. The van der Waals surface area contributed by atoms with Gasteiger partial charge in [-0.05, 0) is 43.5 Å². The average Bonchev–Trinajstić information content (AvgIpc) is 3.67. The number of benzene rings is 2. The highest BCUT2D eigenvalue weighted by atomic mass is 16.5. The molecule has 2 amide bonds. The SMILES string of the molecule is COCCCn1c([C@@H]2CCCN(C(=O)[C@@H]3CN(C(=O)c4cc5ccccc5o4)C[C@H]3N)C2)nc2ccccc21. The molecule has 2 N–H and O–H groups in total. The van der Waals surface area contributed by atoms with Crippen LogP contribution >= 0.6 is 0 Å². The average molecular weight is 530 g/mol. The highest BCUT2D eigenvalue weighted by molar-refractivity contribution is 5.97. The van der Waals surface area contributed by atoms with Crippen molar-refractivity contribution in [3.05, 3.63) is 66.2 Å². The van der Waals surface area contributed by atoms with Gasteiger partial charge in [0.2, 0.25) is 5.91 Å². The molecule has 0 radical (unpaired) electrons. The Bertz CT molecular complexity index is 1460. The van der Waals surface area contributed by atoms with Gasteiger partial charge in [0.25, 0.3) is 5.91 Å². The number of imidazole rings is 1. The number of aromatic nitrogens is 2. The number of amides is 2. The molecule has 0 spiro atoms. The van der Waals surface area contributed by atoms with Gasteiger partial charge in [0, 0.05) is 63.8 Å². The van der Waals surface area contributed by atoms with Gasteiger partial charge < -0.3 is 29.3 Å². The van der Waals surface area contributed by atoms with Gasteiger partial charge in [0.05, 0.1) is 17.0 Å². The second kappa shape index (κ2) is 10.8. The molecule has 6 rings (SSSR count). The van der Waals surface area contributed by atoms with E-state index in [-0.39, 0.29) is 23.5 Å². The highest BCUT2D eigenvalue weighted by Gasteiger charge is 2.41. The lowest BCUT2D eigenvalue weighted by Gasteiger charge is -2.35. The smallest absolute Gasteiger partial charge is 0.289 e. The summed E-state index contributed by atoms with van der Waals surface area (Å²) in [5, 5.41) is 0.879. The fourth-order valence-electron chi connectivity index (χ4n) is 6.13. The summed E-state index contributed by atoms with van der Waals surface area (Å²) in [5.74, 6) is 0.817. The van der Waals surface area contributed by atoms with E-state index >= 15 is 0 Å². The number of nitrogens with zero attached hydrogens (tertiary/aromatic N) is 4. The van der Waals surface area contributed by atoms with Gasteiger partial charge in [-0.25, -0.2) is 4.98 Å². The molecule has 9 heteroatoms. The van der Waals surface area contributed by atoms with E-state index in [1.165, 1.54) is 0 Å². The number of hydrogen-bond donors (Lipinski definition) is 1. The zero-order chi connectivity index (χ0) is 26.9. The van der Waals surface area contributed by atoms with Crippen LogP contribution in [0.2, 0.25) is 0 Å². The Morgan fingerprint density at radius 1 is 1.08 bits per heavy atom. The Hall–Kier alpha value is -3.69. The Labute approximate surface area is 227 Å². The fraction of sp³-hybridized carbons (Fsp3) is 0.433. The molecule has 4 aromatic rings. The van der Waals surface area contributed by atoms with Gasteiger partial charge in [-0.2, -0.15) is 0 Å². The predicted molar refractivity (Wildman–Crippen MR) is 148 cm³/mol. The van der Waals surface area contributed by atoms with Gasteiger partial charge in [-0.3, -0.25) is 9.59 Å². The number of furan rings is 1. The number of nitrogens with two attached hydrogens (primary N) is 1. The van der Waals surface area contributed by atoms with Crippen molar-refractivity contribution >= 4 is 33.8 Å². The lowest BCUT2D eigenvalue weighted by Crippen LogP contribution is -2.47. The maximum absolute atomic E-state index is 13.7. The van der Waals surface area contributed by atoms with E-state index in [1.807, 2.05) is 47.4 Å². The summed E-state index contributed by atoms with van der Waals surface area (Å²) < 4.78 is 13.4. The van der Waals surface area contributed by atoms with Crippen LogP contribution in [0.5, 0.6) is 0 Å². The molecular weight excluding hydrogens is 494 g/mol. The fourth-order valence-corrected chi connectivity index (χ4v) is 6.13. The number of carbonyl (C=O) groups excluding carboxylic acids is 2. The molecule has 2 fully saturated rings. The van der Waals surface area contributed by atoms with Crippen LogP contribution in [0.1, 0.15) is 41.6 Å². The first-order valence-corrected chi connectivity index (χ1v) is 13.8. The van der Waals surface area contributed by atoms with Gasteiger partial charge in [-0.15, -0.1) is 0 Å². The Morgan fingerprint density at radius 2 is 1.90 bits per heavy atom. The van der Waals surface area contributed by atoms with Crippen LogP contribution in [-0.2, 0) is 16.1 Å². The van der Waals surface area contributed by atoms with Gasteiger partial charge >= 0.3 is 0 Å². The van der Waals surface area contributed by atoms with Crippen molar-refractivity contribution < 1.29 is 18.7 Å². The molecule has 0 saturated carbocycles. The van der Waals surface area contributed by atoms with Gasteiger partial charge in [0.1, 0.15) is 11.4 Å². The van der Waals surface area contributed by atoms with Crippen molar-refractivity contribution in [2.45, 2.75) is 37.8 Å². The molecule has 2 aromatic heterocycles. The molecule has 2 aliphatic heterocycles. The van der Waals surface area contributed by atoms with Crippen molar-refractivity contribution in [1.82, 2.24) is 19.4 Å². The van der Waals surface area contributed by atoms with Crippen LogP contribution in [0, 0.1) is 5.92 Å². The lowest BCUT2D eigenvalue weighted by molar-refractivity contribution is -0.136. The number of hydrogen-bond acceptors (Lipinski definition) is 6. The van der Waals surface area contributed by atoms with Crippen molar-refractivity contribution in [3.8, 4) is 0 Å². The summed E-state index contributed by atoms with van der Waals surface area (Å²) in [6.45, 7) is 3.43. The molecule has 204 valence electrons. The Morgan fingerprint density at radius 3 is 2.74 bits per heavy atom. The van der Waals surface area contributed by atoms with E-state index in [1.54, 1.807) is 18.1 Å². The first kappa shape index (κ1) is 25.6. The monoisotopic (exact) mass is 529 g/mol. The van der Waals surface area contributed by atoms with E-state index < -0.39 is 12.0 Å². The van der Waals surface area contributed by atoms with E-state index in [2.05, 4.69) is 10.6 Å². The van der Waals surface area contributed by atoms with Gasteiger partial charge in [-0.1, -0.05) is 30.3 Å². The third-order valence-electron chi connectivity index (χ3n) is 8.12. The van der Waals surface area contributed by atoms with Crippen molar-refractivity contribution in [2.24, 2.45) is 11.7 Å². The number of likely N-dealkylation sites (tertiary alicyclic amines) is 2. The summed E-state index contributed by atoms with van der Waals surface area (Å²) in [6.07, 6.45) is 2.78. The predicted octanol–water partition coefficient (Wildman–Crippen LogP) is 3.62. The van der Waals surface area contributed by atoms with E-state index in [0.717, 1.165) is 48.1 Å². The number of piperidine rings is 1. The van der Waals surface area contributed by atoms with Crippen molar-refractivity contribution in [3.63, 3.8) is 0 Å². The summed E-state index contributed by atoms with van der Waals surface area (Å²) in [6, 6.07) is 17.1. The van der Waals surface area contributed by atoms with Crippen LogP contribution in [0.25, 0.3) is 22.0 Å². The minimum absolute atomic E-state index is 0.0224. The van der Waals surface area contributed by atoms with Crippen molar-refractivity contribution in [2.75, 3.05) is 39.9 Å². The summed E-state index contributed by atoms with van der Waals surface area (Å²) >= 11 is 0. The second-order valence-electron chi connectivity index (χ2n) is 10.7. The maximum atomic E-state index is 13.7. The molecular formula is C30H35N5O4. The largest absolute Gasteiger partial charge is 0.451 e. The second-order valence-corrected chi connectivity index (χ2v) is 10.7. The molecule has 4 heterocycles. The highest BCUT2D eigenvalue weighted by Crippen LogP contribution is 2.32. The molecule has 3 atom stereocenters. The molecule has 0 aliphatic carbocycles. The van der Waals surface area contributed by atoms with Gasteiger partial charge in [0.15, 0.2) is 5.76 Å². The minimum atomic E-state index is -0.433. The zero-order valence-corrected chi connectivity index (χ0v) is 22.3. The van der Waals surface area contributed by atoms with E-state index in [4.69, 9.17) is 19.9 Å². The number of para-hydroxylation sites is 3. The molecule has 0 bridgehead atoms. The Balaban J connectivity index is 1.17. The third-order valence-corrected chi connectivity index (χ3v) is 8.12. The Kier molecular flexibility index (Phi) is 7.10. The third kappa shape index (κ3) is 4.92. The topological polar surface area (TPSA) is 107 Å². The van der Waals surface area contributed by atoms with Crippen LogP contribution in [-0.4, -0.2) is 77.1 Å². The number of carbonyl (C=O) groups is 2. The van der Waals surface area contributed by atoms with E-state index in [9.17, 15) is 9.59 Å². The molecule has 39 heavy (non-hydrogen) atoms. The van der Waals surface area contributed by atoms with Crippen LogP contribution < -0.4 is 5.73 Å². The molecule has 9 nitrogen and oxygen atoms in total. The minimum Gasteiger partial charge on any atom is -0.451 e. The lowest BCUT2D eigenvalue weighted by atomic mass is 9.94. The molecule has 2 saturated heterocycles. The summed E-state index contributed by atoms with van der Waals surface area (Å²) in [7, 11) is 1.72. The number of fused-ring (bicyclic) bond motifs is 2. The standard InChI is InChI=1S/C30H35N5O4/c1-38-15-7-14-35-25-11-4-3-10-24(25)32-28(35)21-9-6-13-33(17-21)29(36)22-18-34(19-23(22)31)30(37)27-16-20-8-2-5-12-26(20)39-27/h2-5,8,10-12,16,21-23H,6-7,9,13-15,17-19,31H2,1H3/t21-,22-,23-/m1/s1.